The number of hydrogen-bond acceptors (Lipinski definition) is 3. The van der Waals surface area contributed by atoms with Gasteiger partial charge in [0.25, 0.3) is 0 Å². The Kier molecular flexibility index (Phi) is 4.63. The van der Waals surface area contributed by atoms with Crippen LogP contribution in [0.25, 0.3) is 22.4 Å². The topological polar surface area (TPSA) is 48.0 Å². The molecule has 0 bridgehead atoms. The molecule has 0 spiro atoms. The zero-order valence-electron chi connectivity index (χ0n) is 16.7. The van der Waals surface area contributed by atoms with Gasteiger partial charge in [-0.15, -0.1) is 0 Å². The summed E-state index contributed by atoms with van der Waals surface area (Å²) in [4.78, 5) is 17.0. The van der Waals surface area contributed by atoms with Gasteiger partial charge in [0.2, 0.25) is 5.89 Å². The lowest BCUT2D eigenvalue weighted by atomic mass is 10.1. The van der Waals surface area contributed by atoms with Crippen LogP contribution >= 0.6 is 0 Å². The van der Waals surface area contributed by atoms with Crippen molar-refractivity contribution in [2.45, 2.75) is 40.7 Å². The zero-order valence-corrected chi connectivity index (χ0v) is 16.7. The number of oxazole rings is 1. The number of benzene rings is 2. The van der Waals surface area contributed by atoms with Crippen molar-refractivity contribution in [2.24, 2.45) is 0 Å². The van der Waals surface area contributed by atoms with Crippen molar-refractivity contribution in [3.8, 4) is 11.5 Å². The van der Waals surface area contributed by atoms with Gasteiger partial charge in [-0.3, -0.25) is 4.79 Å². The van der Waals surface area contributed by atoms with Crippen molar-refractivity contribution in [1.29, 1.82) is 0 Å². The zero-order chi connectivity index (χ0) is 19.8. The summed E-state index contributed by atoms with van der Waals surface area (Å²) in [6.45, 7) is 8.28. The Morgan fingerprint density at radius 1 is 1.07 bits per heavy atom. The monoisotopic (exact) mass is 372 g/mol. The van der Waals surface area contributed by atoms with Crippen molar-refractivity contribution >= 4 is 16.7 Å². The number of nitrogens with zero attached hydrogens (tertiary/aromatic N) is 2. The number of para-hydroxylation sites is 1. The van der Waals surface area contributed by atoms with Gasteiger partial charge in [-0.05, 0) is 51.0 Å². The van der Waals surface area contributed by atoms with Gasteiger partial charge in [0.05, 0.1) is 6.54 Å². The molecular weight excluding hydrogens is 348 g/mol. The maximum absolute atomic E-state index is 12.2. The molecule has 0 aliphatic carbocycles. The van der Waals surface area contributed by atoms with Crippen LogP contribution in [-0.4, -0.2) is 15.3 Å². The molecule has 2 heterocycles. The first-order valence-corrected chi connectivity index (χ1v) is 9.64. The normalized spacial score (nSPS) is 11.3. The molecule has 4 rings (SSSR count). The highest BCUT2D eigenvalue weighted by Gasteiger charge is 2.19. The predicted molar refractivity (Wildman–Crippen MR) is 112 cm³/mol. The van der Waals surface area contributed by atoms with Gasteiger partial charge in [-0.25, -0.2) is 4.98 Å². The number of fused-ring (bicyclic) bond motifs is 1. The summed E-state index contributed by atoms with van der Waals surface area (Å²) in [7, 11) is 0. The summed E-state index contributed by atoms with van der Waals surface area (Å²) >= 11 is 0. The van der Waals surface area contributed by atoms with Crippen molar-refractivity contribution in [2.75, 3.05) is 0 Å². The lowest BCUT2D eigenvalue weighted by molar-refractivity contribution is 0.101. The fourth-order valence-electron chi connectivity index (χ4n) is 3.81. The third-order valence-electron chi connectivity index (χ3n) is 5.39. The highest BCUT2D eigenvalue weighted by atomic mass is 16.4. The standard InChI is InChI=1S/C24H24N2O2/c1-5-18-10-12-19(13-11-18)24-25-21(17(4)28-24)14-26-15(2)23(16(3)27)20-8-6-7-9-22(20)26/h6-13H,5,14H2,1-4H3. The van der Waals surface area contributed by atoms with Gasteiger partial charge in [0, 0.05) is 27.7 Å². The van der Waals surface area contributed by atoms with Crippen LogP contribution < -0.4 is 0 Å². The van der Waals surface area contributed by atoms with Crippen LogP contribution in [0.4, 0.5) is 0 Å². The van der Waals surface area contributed by atoms with E-state index in [2.05, 4.69) is 41.8 Å². The van der Waals surface area contributed by atoms with Crippen molar-refractivity contribution < 1.29 is 9.21 Å². The highest BCUT2D eigenvalue weighted by Crippen LogP contribution is 2.29. The summed E-state index contributed by atoms with van der Waals surface area (Å²) in [6, 6.07) is 16.3. The highest BCUT2D eigenvalue weighted by molar-refractivity contribution is 6.08. The fourth-order valence-corrected chi connectivity index (χ4v) is 3.81. The minimum atomic E-state index is 0.0843. The predicted octanol–water partition coefficient (Wildman–Crippen LogP) is 5.73. The molecule has 0 unspecified atom stereocenters. The number of aryl methyl sites for hydroxylation is 2. The maximum Gasteiger partial charge on any atom is 0.226 e. The summed E-state index contributed by atoms with van der Waals surface area (Å²) in [5, 5.41) is 0.990. The van der Waals surface area contributed by atoms with Gasteiger partial charge >= 0.3 is 0 Å². The number of rotatable bonds is 5. The number of hydrogen-bond donors (Lipinski definition) is 0. The second kappa shape index (κ2) is 7.12. The van der Waals surface area contributed by atoms with Crippen LogP contribution in [0.1, 0.15) is 46.9 Å². The second-order valence-electron chi connectivity index (χ2n) is 7.19. The first kappa shape index (κ1) is 18.2. The third-order valence-corrected chi connectivity index (χ3v) is 5.39. The molecule has 0 radical (unpaired) electrons. The van der Waals surface area contributed by atoms with Gasteiger partial charge in [0.15, 0.2) is 5.78 Å². The van der Waals surface area contributed by atoms with Crippen LogP contribution in [0.5, 0.6) is 0 Å². The quantitative estimate of drug-likeness (QED) is 0.421. The van der Waals surface area contributed by atoms with Crippen LogP contribution in [0.2, 0.25) is 0 Å². The largest absolute Gasteiger partial charge is 0.441 e. The van der Waals surface area contributed by atoms with Gasteiger partial charge in [-0.2, -0.15) is 0 Å². The van der Waals surface area contributed by atoms with E-state index >= 15 is 0 Å². The number of carbonyl (C=O) groups excluding carboxylic acids is 1. The Morgan fingerprint density at radius 3 is 2.46 bits per heavy atom. The summed E-state index contributed by atoms with van der Waals surface area (Å²) in [5.74, 6) is 1.52. The molecule has 0 saturated carbocycles. The van der Waals surface area contributed by atoms with E-state index in [4.69, 9.17) is 9.40 Å². The maximum atomic E-state index is 12.2. The minimum Gasteiger partial charge on any atom is -0.441 e. The molecule has 0 saturated heterocycles. The summed E-state index contributed by atoms with van der Waals surface area (Å²) in [5.41, 5.74) is 5.94. The molecule has 0 aliphatic rings. The molecule has 4 heteroatoms. The Bertz CT molecular complexity index is 1160. The van der Waals surface area contributed by atoms with E-state index in [1.54, 1.807) is 6.92 Å². The van der Waals surface area contributed by atoms with Gasteiger partial charge < -0.3 is 8.98 Å². The molecule has 2 aromatic heterocycles. The summed E-state index contributed by atoms with van der Waals surface area (Å²) < 4.78 is 8.11. The Labute approximate surface area is 164 Å². The first-order chi connectivity index (χ1) is 13.5. The Morgan fingerprint density at radius 2 is 1.79 bits per heavy atom. The molecule has 0 aliphatic heterocycles. The molecule has 0 atom stereocenters. The number of ketones is 1. The van der Waals surface area contributed by atoms with Gasteiger partial charge in [0.1, 0.15) is 11.5 Å². The number of Topliss-reactive ketones (excluding diaryl/α,β-unsaturated/α-hetero) is 1. The summed E-state index contributed by atoms with van der Waals surface area (Å²) in [6.07, 6.45) is 1.01. The molecule has 0 amide bonds. The molecule has 0 N–H and O–H groups in total. The van der Waals surface area contributed by atoms with Crippen molar-refractivity contribution in [3.63, 3.8) is 0 Å². The Balaban J connectivity index is 1.75. The van der Waals surface area contributed by atoms with Crippen LogP contribution in [0.3, 0.4) is 0 Å². The molecule has 4 aromatic rings. The van der Waals surface area contributed by atoms with E-state index in [1.807, 2.05) is 32.0 Å². The average Bonchev–Trinajstić information content (AvgIpc) is 3.20. The van der Waals surface area contributed by atoms with E-state index in [0.717, 1.165) is 45.6 Å². The number of carbonyl (C=O) groups is 1. The third kappa shape index (κ3) is 3.05. The van der Waals surface area contributed by atoms with Crippen LogP contribution in [0.15, 0.2) is 52.9 Å². The molecule has 0 fully saturated rings. The van der Waals surface area contributed by atoms with E-state index < -0.39 is 0 Å². The fraction of sp³-hybridized carbons (Fsp3) is 0.250. The molecule has 142 valence electrons. The second-order valence-corrected chi connectivity index (χ2v) is 7.19. The van der Waals surface area contributed by atoms with E-state index in [-0.39, 0.29) is 5.78 Å². The molecule has 4 nitrogen and oxygen atoms in total. The SMILES string of the molecule is CCc1ccc(-c2nc(Cn3c(C)c(C(C)=O)c4ccccc43)c(C)o2)cc1. The van der Waals surface area contributed by atoms with E-state index in [1.165, 1.54) is 5.56 Å². The first-order valence-electron chi connectivity index (χ1n) is 9.64. The molecule has 28 heavy (non-hydrogen) atoms. The van der Waals surface area contributed by atoms with Crippen LogP contribution in [-0.2, 0) is 13.0 Å². The lowest BCUT2D eigenvalue weighted by Gasteiger charge is -2.07. The minimum absolute atomic E-state index is 0.0843. The van der Waals surface area contributed by atoms with E-state index in [0.29, 0.717) is 12.4 Å². The Hall–Kier alpha value is -3.14. The van der Waals surface area contributed by atoms with Gasteiger partial charge in [-0.1, -0.05) is 37.3 Å². The average molecular weight is 372 g/mol. The van der Waals surface area contributed by atoms with Crippen LogP contribution in [0, 0.1) is 13.8 Å². The molecular formula is C24H24N2O2. The smallest absolute Gasteiger partial charge is 0.226 e. The van der Waals surface area contributed by atoms with Crippen molar-refractivity contribution in [3.05, 3.63) is 76.8 Å². The van der Waals surface area contributed by atoms with E-state index in [9.17, 15) is 4.79 Å². The van der Waals surface area contributed by atoms with Crippen molar-refractivity contribution in [1.82, 2.24) is 9.55 Å². The number of aromatic nitrogens is 2. The lowest BCUT2D eigenvalue weighted by Crippen LogP contribution is -2.05. The molecule has 2 aromatic carbocycles.